The highest BCUT2D eigenvalue weighted by molar-refractivity contribution is 5.93. The molecule has 3 N–H and O–H groups in total. The molecule has 0 unspecified atom stereocenters. The van der Waals surface area contributed by atoms with Gasteiger partial charge in [0.25, 0.3) is 0 Å². The Morgan fingerprint density at radius 1 is 0.905 bits per heavy atom. The number of ether oxygens (including phenoxy) is 2. The molecule has 3 amide bonds. The van der Waals surface area contributed by atoms with Crippen molar-refractivity contribution in [2.24, 2.45) is 0 Å². The van der Waals surface area contributed by atoms with E-state index in [4.69, 9.17) is 9.47 Å². The van der Waals surface area contributed by atoms with Gasteiger partial charge in [-0.25, -0.2) is 4.79 Å². The lowest BCUT2D eigenvalue weighted by Gasteiger charge is -2.26. The minimum atomic E-state index is -4.39. The summed E-state index contributed by atoms with van der Waals surface area (Å²) in [6, 6.07) is 19.5. The van der Waals surface area contributed by atoms with Crippen LogP contribution in [0.25, 0.3) is 0 Å². The molecule has 0 aromatic heterocycles. The van der Waals surface area contributed by atoms with Gasteiger partial charge in [0.05, 0.1) is 18.8 Å². The molecule has 224 valence electrons. The Morgan fingerprint density at radius 2 is 1.60 bits per heavy atom. The van der Waals surface area contributed by atoms with E-state index in [0.29, 0.717) is 30.0 Å². The molecule has 3 aromatic rings. The zero-order chi connectivity index (χ0) is 29.8. The van der Waals surface area contributed by atoms with Crippen LogP contribution < -0.4 is 20.7 Å². The van der Waals surface area contributed by atoms with E-state index >= 15 is 0 Å². The Kier molecular flexibility index (Phi) is 11.2. The molecule has 3 aromatic carbocycles. The maximum Gasteiger partial charge on any atom is 0.416 e. The van der Waals surface area contributed by atoms with Gasteiger partial charge in [0, 0.05) is 31.7 Å². The molecule has 11 heteroatoms. The fraction of sp³-hybridized carbons (Fsp3) is 0.355. The number of alkyl halides is 3. The molecule has 1 atom stereocenters. The summed E-state index contributed by atoms with van der Waals surface area (Å²) in [5.41, 5.74) is 1.28. The molecule has 0 saturated carbocycles. The van der Waals surface area contributed by atoms with Crippen LogP contribution in [-0.4, -0.2) is 62.3 Å². The second kappa shape index (κ2) is 15.2. The minimum absolute atomic E-state index is 0.0914. The molecule has 0 bridgehead atoms. The first-order valence-corrected chi connectivity index (χ1v) is 13.8. The van der Waals surface area contributed by atoms with Gasteiger partial charge in [0.1, 0.15) is 18.4 Å². The van der Waals surface area contributed by atoms with Crippen molar-refractivity contribution < 1.29 is 32.2 Å². The molecule has 1 saturated heterocycles. The van der Waals surface area contributed by atoms with Crippen molar-refractivity contribution in [3.05, 3.63) is 95.6 Å². The number of hydrogen-bond donors (Lipinski definition) is 3. The first kappa shape index (κ1) is 30.9. The largest absolute Gasteiger partial charge is 0.489 e. The van der Waals surface area contributed by atoms with E-state index in [1.165, 1.54) is 12.1 Å². The van der Waals surface area contributed by atoms with E-state index in [0.717, 1.165) is 57.0 Å². The van der Waals surface area contributed by atoms with Crippen molar-refractivity contribution in [3.63, 3.8) is 0 Å². The third-order valence-electron chi connectivity index (χ3n) is 6.76. The van der Waals surface area contributed by atoms with E-state index in [1.807, 2.05) is 30.3 Å². The number of carbonyl (C=O) groups is 2. The van der Waals surface area contributed by atoms with E-state index in [9.17, 15) is 22.8 Å². The number of hydrogen-bond acceptors (Lipinski definition) is 5. The zero-order valence-electron chi connectivity index (χ0n) is 23.2. The highest BCUT2D eigenvalue weighted by Gasteiger charge is 2.30. The van der Waals surface area contributed by atoms with Crippen molar-refractivity contribution in [1.29, 1.82) is 0 Å². The summed E-state index contributed by atoms with van der Waals surface area (Å²) in [5.74, 6) is 0.224. The predicted molar refractivity (Wildman–Crippen MR) is 153 cm³/mol. The molecule has 0 spiro atoms. The zero-order valence-corrected chi connectivity index (χ0v) is 23.2. The normalized spacial score (nSPS) is 14.5. The van der Waals surface area contributed by atoms with Gasteiger partial charge >= 0.3 is 12.2 Å². The molecule has 1 aliphatic rings. The van der Waals surface area contributed by atoms with Crippen molar-refractivity contribution in [3.8, 4) is 5.75 Å². The number of nitrogens with one attached hydrogen (secondary N) is 3. The van der Waals surface area contributed by atoms with Gasteiger partial charge in [-0.2, -0.15) is 13.2 Å². The van der Waals surface area contributed by atoms with Crippen LogP contribution >= 0.6 is 0 Å². The standard InChI is InChI=1S/C31H35F3N4O4/c32-31(33,34)25-9-7-24(8-10-25)22-42-27-13-11-26(12-14-27)36-30(40)37-28(21-23-5-2-1-3-6-23)29(39)35-15-4-16-38-17-19-41-20-18-38/h1-3,5-14,28H,4,15-22H2,(H,35,39)(H2,36,37,40)/t28-/m0/s1. The summed E-state index contributed by atoms with van der Waals surface area (Å²) in [5, 5.41) is 8.46. The van der Waals surface area contributed by atoms with E-state index in [2.05, 4.69) is 20.9 Å². The quantitative estimate of drug-likeness (QED) is 0.265. The lowest BCUT2D eigenvalue weighted by molar-refractivity contribution is -0.137. The van der Waals surface area contributed by atoms with Gasteiger partial charge in [-0.3, -0.25) is 9.69 Å². The van der Waals surface area contributed by atoms with Crippen molar-refractivity contribution >= 4 is 17.6 Å². The molecule has 0 radical (unpaired) electrons. The minimum Gasteiger partial charge on any atom is -0.489 e. The number of urea groups is 1. The number of rotatable bonds is 12. The smallest absolute Gasteiger partial charge is 0.416 e. The summed E-state index contributed by atoms with van der Waals surface area (Å²) < 4.78 is 49.2. The third kappa shape index (κ3) is 10.1. The van der Waals surface area contributed by atoms with Gasteiger partial charge < -0.3 is 25.4 Å². The summed E-state index contributed by atoms with van der Waals surface area (Å²) in [4.78, 5) is 28.1. The van der Waals surface area contributed by atoms with Gasteiger partial charge in [0.2, 0.25) is 5.91 Å². The number of anilines is 1. The van der Waals surface area contributed by atoms with E-state index in [-0.39, 0.29) is 12.5 Å². The molecule has 1 fully saturated rings. The molecular weight excluding hydrogens is 549 g/mol. The first-order chi connectivity index (χ1) is 20.3. The molecule has 4 rings (SSSR count). The third-order valence-corrected chi connectivity index (χ3v) is 6.76. The Balaban J connectivity index is 1.26. The number of halogens is 3. The molecule has 8 nitrogen and oxygen atoms in total. The van der Waals surface area contributed by atoms with Gasteiger partial charge in [0.15, 0.2) is 0 Å². The SMILES string of the molecule is O=C(Nc1ccc(OCc2ccc(C(F)(F)F)cc2)cc1)N[C@@H](Cc1ccccc1)C(=O)NCCCN1CCOCC1. The van der Waals surface area contributed by atoms with Gasteiger partial charge in [-0.15, -0.1) is 0 Å². The fourth-order valence-corrected chi connectivity index (χ4v) is 4.44. The lowest BCUT2D eigenvalue weighted by atomic mass is 10.1. The second-order valence-electron chi connectivity index (χ2n) is 9.95. The van der Waals surface area contributed by atoms with Crippen LogP contribution in [0, 0.1) is 0 Å². The number of amides is 3. The summed E-state index contributed by atoms with van der Waals surface area (Å²) in [6.45, 7) is 4.68. The monoisotopic (exact) mass is 584 g/mol. The van der Waals surface area contributed by atoms with Crippen LogP contribution in [0.5, 0.6) is 5.75 Å². The first-order valence-electron chi connectivity index (χ1n) is 13.8. The number of nitrogens with zero attached hydrogens (tertiary/aromatic N) is 1. The second-order valence-corrected chi connectivity index (χ2v) is 9.95. The predicted octanol–water partition coefficient (Wildman–Crippen LogP) is 4.86. The van der Waals surface area contributed by atoms with Crippen LogP contribution in [0.15, 0.2) is 78.9 Å². The highest BCUT2D eigenvalue weighted by Crippen LogP contribution is 2.29. The van der Waals surface area contributed by atoms with Gasteiger partial charge in [-0.1, -0.05) is 42.5 Å². The highest BCUT2D eigenvalue weighted by atomic mass is 19.4. The maximum absolute atomic E-state index is 13.0. The Labute approximate surface area is 243 Å². The van der Waals surface area contributed by atoms with Crippen LogP contribution in [0.4, 0.5) is 23.7 Å². The molecular formula is C31H35F3N4O4. The summed E-state index contributed by atoms with van der Waals surface area (Å²) in [6.07, 6.45) is -3.26. The summed E-state index contributed by atoms with van der Waals surface area (Å²) in [7, 11) is 0. The Morgan fingerprint density at radius 3 is 2.26 bits per heavy atom. The number of morpholine rings is 1. The lowest BCUT2D eigenvalue weighted by Crippen LogP contribution is -2.49. The van der Waals surface area contributed by atoms with Crippen LogP contribution in [0.3, 0.4) is 0 Å². The summed E-state index contributed by atoms with van der Waals surface area (Å²) >= 11 is 0. The van der Waals surface area contributed by atoms with Crippen LogP contribution in [0.2, 0.25) is 0 Å². The van der Waals surface area contributed by atoms with Crippen molar-refractivity contribution in [1.82, 2.24) is 15.5 Å². The van der Waals surface area contributed by atoms with E-state index < -0.39 is 23.8 Å². The number of carbonyl (C=O) groups excluding carboxylic acids is 2. The molecule has 42 heavy (non-hydrogen) atoms. The van der Waals surface area contributed by atoms with Crippen LogP contribution in [-0.2, 0) is 28.7 Å². The van der Waals surface area contributed by atoms with Crippen molar-refractivity contribution in [2.45, 2.75) is 31.7 Å². The Hall–Kier alpha value is -4.09. The molecule has 1 aliphatic heterocycles. The topological polar surface area (TPSA) is 91.9 Å². The average molecular weight is 585 g/mol. The van der Waals surface area contributed by atoms with E-state index in [1.54, 1.807) is 24.3 Å². The van der Waals surface area contributed by atoms with Gasteiger partial charge in [-0.05, 0) is 60.5 Å². The van der Waals surface area contributed by atoms with Crippen molar-refractivity contribution in [2.75, 3.05) is 44.7 Å². The Bertz CT molecular complexity index is 1270. The fourth-order valence-electron chi connectivity index (χ4n) is 4.44. The maximum atomic E-state index is 13.0. The number of benzene rings is 3. The molecule has 1 heterocycles. The van der Waals surface area contributed by atoms with Crippen LogP contribution in [0.1, 0.15) is 23.1 Å². The average Bonchev–Trinajstić information content (AvgIpc) is 2.99. The molecule has 0 aliphatic carbocycles.